The second-order valence-electron chi connectivity index (χ2n) is 8.86. The van der Waals surface area contributed by atoms with Gasteiger partial charge in [0.15, 0.2) is 23.0 Å². The second-order valence-corrected chi connectivity index (χ2v) is 8.86. The van der Waals surface area contributed by atoms with Crippen LogP contribution in [0.5, 0.6) is 11.5 Å². The summed E-state index contributed by atoms with van der Waals surface area (Å²) >= 11 is 0. The van der Waals surface area contributed by atoms with Gasteiger partial charge < -0.3 is 19.1 Å². The van der Waals surface area contributed by atoms with E-state index in [0.717, 1.165) is 36.8 Å². The van der Waals surface area contributed by atoms with Gasteiger partial charge in [-0.3, -0.25) is 14.6 Å². The molecule has 1 aliphatic carbocycles. The van der Waals surface area contributed by atoms with Crippen LogP contribution >= 0.6 is 0 Å². The second kappa shape index (κ2) is 9.33. The van der Waals surface area contributed by atoms with Gasteiger partial charge >= 0.3 is 0 Å². The highest BCUT2D eigenvalue weighted by molar-refractivity contribution is 6.11. The standard InChI is InChI=1S/C27H28N2O5/c1-3-13-33-21-11-10-18(14-22(21)32-2)24-23-25(30)19-8-4-5-9-20(19)34-26(23)27(31)29(24)16-17-7-6-12-28-15-17/h3,6-7,10-12,14-15,19-20,24H,1,4-5,8-9,13,16H2,2H3. The number of fused-ring (bicyclic) bond motifs is 1. The Kier molecular flexibility index (Phi) is 6.09. The maximum atomic E-state index is 13.7. The fourth-order valence-corrected chi connectivity index (χ4v) is 5.21. The van der Waals surface area contributed by atoms with Crippen molar-refractivity contribution in [2.45, 2.75) is 44.4 Å². The SMILES string of the molecule is C=CCOc1ccc(C2C3=C(OC4CCCCC4C3=O)C(=O)N2Cc2cccnc2)cc1OC. The van der Waals surface area contributed by atoms with Gasteiger partial charge in [-0.1, -0.05) is 31.2 Å². The molecule has 3 atom stereocenters. The zero-order chi connectivity index (χ0) is 23.7. The summed E-state index contributed by atoms with van der Waals surface area (Å²) in [6.45, 7) is 4.34. The van der Waals surface area contributed by atoms with Crippen molar-refractivity contribution in [3.63, 3.8) is 0 Å². The molecule has 2 aliphatic heterocycles. The van der Waals surface area contributed by atoms with Crippen molar-refractivity contribution >= 4 is 11.7 Å². The Morgan fingerprint density at radius 2 is 2.06 bits per heavy atom. The molecule has 1 amide bonds. The number of ether oxygens (including phenoxy) is 3. The van der Waals surface area contributed by atoms with Crippen LogP contribution in [0.3, 0.4) is 0 Å². The van der Waals surface area contributed by atoms with Crippen molar-refractivity contribution in [1.29, 1.82) is 0 Å². The van der Waals surface area contributed by atoms with E-state index in [1.165, 1.54) is 0 Å². The van der Waals surface area contributed by atoms with E-state index in [9.17, 15) is 9.59 Å². The number of carbonyl (C=O) groups excluding carboxylic acids is 2. The molecular weight excluding hydrogens is 432 g/mol. The Morgan fingerprint density at radius 1 is 1.21 bits per heavy atom. The van der Waals surface area contributed by atoms with Crippen LogP contribution in [-0.4, -0.2) is 41.4 Å². The van der Waals surface area contributed by atoms with E-state index in [-0.39, 0.29) is 29.5 Å². The molecule has 0 spiro atoms. The Bertz CT molecular complexity index is 1140. The van der Waals surface area contributed by atoms with Crippen LogP contribution in [0, 0.1) is 5.92 Å². The summed E-state index contributed by atoms with van der Waals surface area (Å²) in [7, 11) is 1.57. The fraction of sp³-hybridized carbons (Fsp3) is 0.370. The summed E-state index contributed by atoms with van der Waals surface area (Å²) in [5.41, 5.74) is 2.11. The predicted octanol–water partition coefficient (Wildman–Crippen LogP) is 4.15. The number of amides is 1. The summed E-state index contributed by atoms with van der Waals surface area (Å²) in [6, 6.07) is 8.71. The molecule has 3 aliphatic rings. The lowest BCUT2D eigenvalue weighted by Crippen LogP contribution is -2.39. The minimum atomic E-state index is -0.569. The molecule has 1 aromatic carbocycles. The van der Waals surface area contributed by atoms with Gasteiger partial charge in [-0.25, -0.2) is 0 Å². The predicted molar refractivity (Wildman–Crippen MR) is 125 cm³/mol. The highest BCUT2D eigenvalue weighted by Gasteiger charge is 2.52. The highest BCUT2D eigenvalue weighted by atomic mass is 16.5. The minimum Gasteiger partial charge on any atom is -0.493 e. The Morgan fingerprint density at radius 3 is 2.82 bits per heavy atom. The third-order valence-corrected chi connectivity index (χ3v) is 6.79. The van der Waals surface area contributed by atoms with Gasteiger partial charge in [0.25, 0.3) is 5.91 Å². The van der Waals surface area contributed by atoms with Crippen molar-refractivity contribution in [3.05, 3.63) is 77.8 Å². The van der Waals surface area contributed by atoms with Crippen LogP contribution in [0.25, 0.3) is 0 Å². The fourth-order valence-electron chi connectivity index (χ4n) is 5.21. The number of nitrogens with zero attached hydrogens (tertiary/aromatic N) is 2. The van der Waals surface area contributed by atoms with Gasteiger partial charge in [0, 0.05) is 18.9 Å². The normalized spacial score (nSPS) is 23.8. The third-order valence-electron chi connectivity index (χ3n) is 6.79. The Labute approximate surface area is 199 Å². The maximum Gasteiger partial charge on any atom is 0.290 e. The number of methoxy groups -OCH3 is 1. The van der Waals surface area contributed by atoms with Crippen LogP contribution in [-0.2, 0) is 20.9 Å². The summed E-state index contributed by atoms with van der Waals surface area (Å²) in [5, 5.41) is 0. The first-order valence-corrected chi connectivity index (χ1v) is 11.7. The van der Waals surface area contributed by atoms with Crippen LogP contribution in [0.4, 0.5) is 0 Å². The van der Waals surface area contributed by atoms with Gasteiger partial charge in [-0.05, 0) is 48.6 Å². The molecule has 3 heterocycles. The minimum absolute atomic E-state index is 0.0314. The molecule has 5 rings (SSSR count). The monoisotopic (exact) mass is 460 g/mol. The van der Waals surface area contributed by atoms with Crippen LogP contribution in [0.1, 0.15) is 42.9 Å². The third kappa shape index (κ3) is 3.85. The molecule has 7 nitrogen and oxygen atoms in total. The van der Waals surface area contributed by atoms with E-state index >= 15 is 0 Å². The van der Waals surface area contributed by atoms with Crippen molar-refractivity contribution < 1.29 is 23.8 Å². The lowest BCUT2D eigenvalue weighted by molar-refractivity contribution is -0.135. The van der Waals surface area contributed by atoms with Crippen molar-refractivity contribution in [1.82, 2.24) is 9.88 Å². The van der Waals surface area contributed by atoms with Gasteiger partial charge in [0.2, 0.25) is 0 Å². The lowest BCUT2D eigenvalue weighted by atomic mass is 9.77. The van der Waals surface area contributed by atoms with E-state index in [1.807, 2.05) is 24.3 Å². The molecule has 176 valence electrons. The number of aromatic nitrogens is 1. The molecule has 1 aromatic heterocycles. The number of pyridine rings is 1. The van der Waals surface area contributed by atoms with E-state index < -0.39 is 6.04 Å². The zero-order valence-electron chi connectivity index (χ0n) is 19.2. The number of Topliss-reactive ketones (excluding diaryl/α,β-unsaturated/α-hetero) is 1. The Balaban J connectivity index is 1.58. The number of rotatable bonds is 7. The first-order chi connectivity index (χ1) is 16.6. The number of benzene rings is 1. The van der Waals surface area contributed by atoms with Gasteiger partial charge in [0.05, 0.1) is 24.6 Å². The topological polar surface area (TPSA) is 78.0 Å². The molecule has 2 aromatic rings. The van der Waals surface area contributed by atoms with E-state index in [4.69, 9.17) is 14.2 Å². The Hall–Kier alpha value is -3.61. The summed E-state index contributed by atoms with van der Waals surface area (Å²) < 4.78 is 17.5. The summed E-state index contributed by atoms with van der Waals surface area (Å²) in [6.07, 6.45) is 8.48. The number of carbonyl (C=O) groups is 2. The summed E-state index contributed by atoms with van der Waals surface area (Å²) in [5.74, 6) is 0.881. The number of hydrogen-bond donors (Lipinski definition) is 0. The highest BCUT2D eigenvalue weighted by Crippen LogP contribution is 2.48. The van der Waals surface area contributed by atoms with E-state index in [1.54, 1.807) is 36.5 Å². The average molecular weight is 461 g/mol. The summed E-state index contributed by atoms with van der Waals surface area (Å²) in [4.78, 5) is 33.2. The van der Waals surface area contributed by atoms with E-state index in [2.05, 4.69) is 11.6 Å². The largest absolute Gasteiger partial charge is 0.493 e. The molecule has 0 bridgehead atoms. The van der Waals surface area contributed by atoms with Crippen LogP contribution < -0.4 is 9.47 Å². The van der Waals surface area contributed by atoms with Gasteiger partial charge in [-0.2, -0.15) is 0 Å². The van der Waals surface area contributed by atoms with Crippen molar-refractivity contribution in [2.24, 2.45) is 5.92 Å². The molecule has 1 fully saturated rings. The lowest BCUT2D eigenvalue weighted by Gasteiger charge is -2.35. The number of hydrogen-bond acceptors (Lipinski definition) is 6. The van der Waals surface area contributed by atoms with Crippen LogP contribution in [0.15, 0.2) is 66.7 Å². The molecular formula is C27H28N2O5. The van der Waals surface area contributed by atoms with Crippen LogP contribution in [0.2, 0.25) is 0 Å². The molecule has 3 unspecified atom stereocenters. The van der Waals surface area contributed by atoms with E-state index in [0.29, 0.717) is 30.2 Å². The maximum absolute atomic E-state index is 13.7. The molecule has 7 heteroatoms. The zero-order valence-corrected chi connectivity index (χ0v) is 19.2. The molecule has 0 saturated heterocycles. The van der Waals surface area contributed by atoms with Crippen molar-refractivity contribution in [2.75, 3.05) is 13.7 Å². The molecule has 34 heavy (non-hydrogen) atoms. The first kappa shape index (κ1) is 22.2. The van der Waals surface area contributed by atoms with Gasteiger partial charge in [0.1, 0.15) is 12.7 Å². The average Bonchev–Trinajstić information content (AvgIpc) is 3.15. The molecule has 0 radical (unpaired) electrons. The van der Waals surface area contributed by atoms with Gasteiger partial charge in [-0.15, -0.1) is 0 Å². The first-order valence-electron chi connectivity index (χ1n) is 11.7. The quantitative estimate of drug-likeness (QED) is 0.578. The molecule has 1 saturated carbocycles. The number of ketones is 1. The smallest absolute Gasteiger partial charge is 0.290 e. The molecule has 0 N–H and O–H groups in total. The van der Waals surface area contributed by atoms with Crippen molar-refractivity contribution in [3.8, 4) is 11.5 Å².